The smallest absolute Gasteiger partial charge is 0.348 e. The first-order chi connectivity index (χ1) is 7.21. The van der Waals surface area contributed by atoms with E-state index in [1.807, 2.05) is 0 Å². The molecule has 7 nitrogen and oxygen atoms in total. The van der Waals surface area contributed by atoms with Crippen LogP contribution in [0.1, 0.15) is 0 Å². The Morgan fingerprint density at radius 3 is 1.75 bits per heavy atom. The summed E-state index contributed by atoms with van der Waals surface area (Å²) in [5.74, 6) is -0.122. The lowest BCUT2D eigenvalue weighted by atomic mass is 10.3. The third-order valence-electron chi connectivity index (χ3n) is 1.46. The number of rotatable bonds is 4. The van der Waals surface area contributed by atoms with E-state index >= 15 is 0 Å². The van der Waals surface area contributed by atoms with Gasteiger partial charge in [0.25, 0.3) is 0 Å². The maximum absolute atomic E-state index is 10.7. The molecule has 0 aliphatic rings. The molecule has 1 aromatic rings. The van der Waals surface area contributed by atoms with Crippen LogP contribution in [-0.4, -0.2) is 30.7 Å². The van der Waals surface area contributed by atoms with Crippen LogP contribution in [0.25, 0.3) is 0 Å². The van der Waals surface area contributed by atoms with Gasteiger partial charge in [0.1, 0.15) is 5.75 Å². The molecule has 0 aromatic heterocycles. The zero-order valence-corrected chi connectivity index (χ0v) is 9.35. The van der Waals surface area contributed by atoms with Gasteiger partial charge in [-0.1, -0.05) is 18.2 Å². The minimum Gasteiger partial charge on any atom is -0.456 e. The van der Waals surface area contributed by atoms with E-state index in [1.165, 1.54) is 24.3 Å². The molecule has 0 unspecified atom stereocenters. The van der Waals surface area contributed by atoms with Crippen molar-refractivity contribution < 1.29 is 30.7 Å². The highest BCUT2D eigenvalue weighted by atomic mass is 32.3. The Morgan fingerprint density at radius 1 is 0.938 bits per heavy atom. The van der Waals surface area contributed by atoms with Crippen LogP contribution in [0.15, 0.2) is 30.3 Å². The van der Waals surface area contributed by atoms with E-state index in [0.717, 1.165) is 0 Å². The normalized spacial score (nSPS) is 12.7. The molecule has 0 atom stereocenters. The van der Waals surface area contributed by atoms with Crippen LogP contribution in [0.2, 0.25) is 0 Å². The predicted molar refractivity (Wildman–Crippen MR) is 54.0 cm³/mol. The van der Waals surface area contributed by atoms with E-state index in [2.05, 4.69) is 4.74 Å². The molecule has 0 aliphatic heterocycles. The van der Waals surface area contributed by atoms with Gasteiger partial charge in [-0.3, -0.25) is 9.11 Å². The van der Waals surface area contributed by atoms with Gasteiger partial charge in [-0.15, -0.1) is 0 Å². The van der Waals surface area contributed by atoms with Crippen molar-refractivity contribution in [3.05, 3.63) is 30.3 Å². The van der Waals surface area contributed by atoms with Gasteiger partial charge in [0.2, 0.25) is 0 Å². The molecule has 0 heterocycles. The van der Waals surface area contributed by atoms with Gasteiger partial charge in [-0.2, -0.15) is 16.8 Å². The highest BCUT2D eigenvalue weighted by Crippen LogP contribution is 2.16. The molecular formula is C7H8O7S2. The quantitative estimate of drug-likeness (QED) is 0.745. The fourth-order valence-electron chi connectivity index (χ4n) is 0.885. The van der Waals surface area contributed by atoms with Crippen LogP contribution in [0.3, 0.4) is 0 Å². The first kappa shape index (κ1) is 12.9. The van der Waals surface area contributed by atoms with E-state index < -0.39 is 25.0 Å². The van der Waals surface area contributed by atoms with Crippen LogP contribution in [0, 0.1) is 0 Å². The first-order valence-electron chi connectivity index (χ1n) is 3.85. The second kappa shape index (κ2) is 4.37. The lowest BCUT2D eigenvalue weighted by molar-refractivity contribution is 0.298. The van der Waals surface area contributed by atoms with Gasteiger partial charge >= 0.3 is 25.0 Å². The lowest BCUT2D eigenvalue weighted by Gasteiger charge is -2.12. The Morgan fingerprint density at radius 2 is 1.38 bits per heavy atom. The number of benzene rings is 1. The van der Waals surface area contributed by atoms with Crippen molar-refractivity contribution >= 4 is 20.2 Å². The Balaban J connectivity index is 3.08. The topological polar surface area (TPSA) is 118 Å². The summed E-state index contributed by atoms with van der Waals surface area (Å²) in [6.45, 7) is 0. The van der Waals surface area contributed by atoms with Gasteiger partial charge in [0.05, 0.1) is 0 Å². The average Bonchev–Trinajstić information content (AvgIpc) is 2.12. The second-order valence-electron chi connectivity index (χ2n) is 2.75. The molecule has 0 spiro atoms. The standard InChI is InChI=1S/C7H8O7S2/c8-15(9,10)7(16(11,12)13)14-6-4-2-1-3-5-6/h1-5,7H,(H,8,9,10)(H,11,12,13). The Labute approximate surface area is 92.2 Å². The molecule has 0 aliphatic carbocycles. The molecule has 9 heteroatoms. The molecule has 0 radical (unpaired) electrons. The highest BCUT2D eigenvalue weighted by Gasteiger charge is 2.37. The number of para-hydroxylation sites is 1. The molecule has 0 fully saturated rings. The lowest BCUT2D eigenvalue weighted by Crippen LogP contribution is -2.35. The molecule has 0 bridgehead atoms. The SMILES string of the molecule is O=S(=O)(O)C(Oc1ccccc1)S(=O)(=O)O. The van der Waals surface area contributed by atoms with Crippen molar-refractivity contribution in [1.29, 1.82) is 0 Å². The van der Waals surface area contributed by atoms with Crippen LogP contribution in [0.5, 0.6) is 5.75 Å². The first-order valence-corrected chi connectivity index (χ1v) is 6.86. The summed E-state index contributed by atoms with van der Waals surface area (Å²) in [5, 5.41) is 0. The second-order valence-corrected chi connectivity index (χ2v) is 5.96. The average molecular weight is 268 g/mol. The van der Waals surface area contributed by atoms with Crippen LogP contribution in [0.4, 0.5) is 0 Å². The van der Waals surface area contributed by atoms with Crippen molar-refractivity contribution in [2.24, 2.45) is 0 Å². The fraction of sp³-hybridized carbons (Fsp3) is 0.143. The number of hydrogen-bond acceptors (Lipinski definition) is 5. The summed E-state index contributed by atoms with van der Waals surface area (Å²) in [6.07, 6.45) is 0. The third kappa shape index (κ3) is 3.45. The van der Waals surface area contributed by atoms with E-state index in [4.69, 9.17) is 9.11 Å². The van der Waals surface area contributed by atoms with E-state index in [-0.39, 0.29) is 5.75 Å². The van der Waals surface area contributed by atoms with Crippen LogP contribution >= 0.6 is 0 Å². The molecule has 16 heavy (non-hydrogen) atoms. The van der Waals surface area contributed by atoms with E-state index in [1.54, 1.807) is 6.07 Å². The van der Waals surface area contributed by atoms with Gasteiger partial charge in [-0.25, -0.2) is 0 Å². The van der Waals surface area contributed by atoms with E-state index in [9.17, 15) is 16.8 Å². The fourth-order valence-corrected chi connectivity index (χ4v) is 2.58. The van der Waals surface area contributed by atoms with Crippen LogP contribution in [-0.2, 0) is 20.2 Å². The largest absolute Gasteiger partial charge is 0.456 e. The molecule has 0 saturated heterocycles. The number of ether oxygens (including phenoxy) is 1. The van der Waals surface area contributed by atoms with Crippen molar-refractivity contribution in [1.82, 2.24) is 0 Å². The molecule has 2 N–H and O–H groups in total. The zero-order chi connectivity index (χ0) is 12.4. The van der Waals surface area contributed by atoms with Crippen LogP contribution < -0.4 is 4.74 Å². The third-order valence-corrected chi connectivity index (χ3v) is 4.09. The minimum atomic E-state index is -5.08. The summed E-state index contributed by atoms with van der Waals surface area (Å²) in [5.41, 5.74) is 0. The maximum Gasteiger partial charge on any atom is 0.348 e. The molecule has 90 valence electrons. The van der Waals surface area contributed by atoms with Crippen molar-refractivity contribution in [3.63, 3.8) is 0 Å². The van der Waals surface area contributed by atoms with E-state index in [0.29, 0.717) is 0 Å². The van der Waals surface area contributed by atoms with Crippen molar-refractivity contribution in [2.75, 3.05) is 0 Å². The van der Waals surface area contributed by atoms with Gasteiger partial charge in [-0.05, 0) is 12.1 Å². The van der Waals surface area contributed by atoms with Gasteiger partial charge in [0, 0.05) is 0 Å². The summed E-state index contributed by atoms with van der Waals surface area (Å²) >= 11 is 0. The van der Waals surface area contributed by atoms with Crippen molar-refractivity contribution in [3.8, 4) is 5.75 Å². The molecule has 0 saturated carbocycles. The summed E-state index contributed by atoms with van der Waals surface area (Å²) in [4.78, 5) is 0. The Bertz CT molecular complexity index is 514. The molecule has 1 rings (SSSR count). The summed E-state index contributed by atoms with van der Waals surface area (Å²) in [7, 11) is -10.2. The maximum atomic E-state index is 10.7. The molecule has 1 aromatic carbocycles. The number of hydrogen-bond donors (Lipinski definition) is 2. The zero-order valence-electron chi connectivity index (χ0n) is 7.72. The minimum absolute atomic E-state index is 0.122. The summed E-state index contributed by atoms with van der Waals surface area (Å²) < 4.78 is 61.6. The predicted octanol–water partition coefficient (Wildman–Crippen LogP) is 0.125. The van der Waals surface area contributed by atoms with Gasteiger partial charge < -0.3 is 4.74 Å². The molecule has 0 amide bonds. The Kier molecular flexibility index (Phi) is 3.53. The molecular weight excluding hydrogens is 260 g/mol. The highest BCUT2D eigenvalue weighted by molar-refractivity contribution is 8.03. The van der Waals surface area contributed by atoms with Crippen molar-refractivity contribution in [2.45, 2.75) is 4.77 Å². The Hall–Kier alpha value is -1.16. The van der Waals surface area contributed by atoms with Gasteiger partial charge in [0.15, 0.2) is 0 Å². The monoisotopic (exact) mass is 268 g/mol. The summed E-state index contributed by atoms with van der Waals surface area (Å²) in [6, 6.07) is 7.04.